The average Bonchev–Trinajstić information content (AvgIpc) is 3.17. The van der Waals surface area contributed by atoms with Crippen LogP contribution < -0.4 is 9.47 Å². The van der Waals surface area contributed by atoms with Gasteiger partial charge >= 0.3 is 0 Å². The molecule has 2 heterocycles. The molecule has 0 amide bonds. The number of rotatable bonds is 9. The van der Waals surface area contributed by atoms with Crippen molar-refractivity contribution in [2.75, 3.05) is 6.61 Å². The van der Waals surface area contributed by atoms with E-state index >= 15 is 0 Å². The van der Waals surface area contributed by atoms with E-state index in [-0.39, 0.29) is 0 Å². The molecular weight excluding hydrogens is 430 g/mol. The van der Waals surface area contributed by atoms with E-state index in [0.717, 1.165) is 50.0 Å². The maximum atomic E-state index is 6.19. The number of fused-ring (bicyclic) bond motifs is 1. The average molecular weight is 454 g/mol. The zero-order valence-corrected chi connectivity index (χ0v) is 19.1. The lowest BCUT2D eigenvalue weighted by Gasteiger charge is -2.12. The number of hydrogen-bond donors (Lipinski definition) is 0. The summed E-state index contributed by atoms with van der Waals surface area (Å²) in [7, 11) is 1.95. The van der Waals surface area contributed by atoms with Gasteiger partial charge in [-0.1, -0.05) is 18.2 Å². The van der Waals surface area contributed by atoms with Crippen LogP contribution in [-0.4, -0.2) is 21.4 Å². The smallest absolute Gasteiger partial charge is 0.147 e. The summed E-state index contributed by atoms with van der Waals surface area (Å²) < 4.78 is 13.6. The van der Waals surface area contributed by atoms with Gasteiger partial charge in [0, 0.05) is 35.0 Å². The van der Waals surface area contributed by atoms with Crippen molar-refractivity contribution in [3.63, 3.8) is 0 Å². The van der Waals surface area contributed by atoms with E-state index in [1.807, 2.05) is 55.1 Å². The van der Waals surface area contributed by atoms with Gasteiger partial charge in [0.15, 0.2) is 0 Å². The monoisotopic (exact) mass is 453 g/mol. The number of benzene rings is 2. The summed E-state index contributed by atoms with van der Waals surface area (Å²) >= 11 is 7.65. The molecule has 4 rings (SSSR count). The molecule has 0 atom stereocenters. The van der Waals surface area contributed by atoms with Gasteiger partial charge in [0.1, 0.15) is 23.6 Å². The van der Waals surface area contributed by atoms with Gasteiger partial charge in [0.05, 0.1) is 18.2 Å². The molecule has 0 unspecified atom stereocenters. The van der Waals surface area contributed by atoms with Crippen LogP contribution in [0.3, 0.4) is 0 Å². The molecule has 0 bridgehead atoms. The van der Waals surface area contributed by atoms with Crippen LogP contribution in [0.25, 0.3) is 10.9 Å². The Bertz CT molecular complexity index is 1160. The van der Waals surface area contributed by atoms with E-state index in [2.05, 4.69) is 28.3 Å². The summed E-state index contributed by atoms with van der Waals surface area (Å²) in [5.41, 5.74) is 3.96. The fourth-order valence-corrected chi connectivity index (χ4v) is 4.38. The van der Waals surface area contributed by atoms with Crippen molar-refractivity contribution in [2.24, 2.45) is 7.05 Å². The van der Waals surface area contributed by atoms with Crippen LogP contribution in [0.2, 0.25) is 0 Å². The molecule has 4 aromatic rings. The molecule has 2 aromatic carbocycles. The first kappa shape index (κ1) is 21.5. The molecule has 0 aliphatic rings. The van der Waals surface area contributed by atoms with Crippen LogP contribution in [-0.2, 0) is 25.3 Å². The molecule has 0 fully saturated rings. The Balaban J connectivity index is 1.52. The third-order valence-corrected chi connectivity index (χ3v) is 6.11. The van der Waals surface area contributed by atoms with Gasteiger partial charge in [0.25, 0.3) is 0 Å². The molecular formula is C24H24ClN3O2S. The molecule has 0 aliphatic heterocycles. The maximum absolute atomic E-state index is 6.19. The molecule has 0 saturated carbocycles. The fraction of sp³-hybridized carbons (Fsp3) is 0.250. The number of pyridine rings is 1. The van der Waals surface area contributed by atoms with E-state index in [1.54, 1.807) is 18.0 Å². The molecule has 7 heteroatoms. The van der Waals surface area contributed by atoms with Crippen molar-refractivity contribution in [1.82, 2.24) is 14.8 Å². The summed E-state index contributed by atoms with van der Waals surface area (Å²) in [4.78, 5) is 5.66. The Hall–Kier alpha value is -2.70. The number of thioether (sulfide) groups is 1. The predicted octanol–water partition coefficient (Wildman–Crippen LogP) is 5.98. The Morgan fingerprint density at radius 3 is 2.65 bits per heavy atom. The van der Waals surface area contributed by atoms with E-state index in [1.165, 1.54) is 0 Å². The summed E-state index contributed by atoms with van der Waals surface area (Å²) in [6, 6.07) is 18.2. The molecule has 160 valence electrons. The summed E-state index contributed by atoms with van der Waals surface area (Å²) in [5.74, 6) is 2.86. The number of halogens is 1. The quantitative estimate of drug-likeness (QED) is 0.230. The van der Waals surface area contributed by atoms with Gasteiger partial charge in [-0.3, -0.25) is 9.67 Å². The molecule has 0 saturated heterocycles. The van der Waals surface area contributed by atoms with Crippen molar-refractivity contribution in [3.8, 4) is 11.5 Å². The number of ether oxygens (including phenoxy) is 2. The van der Waals surface area contributed by atoms with Gasteiger partial charge in [0.2, 0.25) is 0 Å². The Kier molecular flexibility index (Phi) is 6.99. The number of aromatic nitrogens is 3. The Morgan fingerprint density at radius 1 is 1.06 bits per heavy atom. The molecule has 5 nitrogen and oxygen atoms in total. The fourth-order valence-electron chi connectivity index (χ4n) is 3.26. The highest BCUT2D eigenvalue weighted by atomic mass is 35.5. The second kappa shape index (κ2) is 10.1. The number of alkyl halides is 1. The van der Waals surface area contributed by atoms with E-state index < -0.39 is 0 Å². The van der Waals surface area contributed by atoms with Gasteiger partial charge < -0.3 is 9.47 Å². The Labute approximate surface area is 191 Å². The number of nitrogens with zero attached hydrogens (tertiary/aromatic N) is 3. The predicted molar refractivity (Wildman–Crippen MR) is 126 cm³/mol. The second-order valence-corrected chi connectivity index (χ2v) is 8.35. The van der Waals surface area contributed by atoms with Crippen LogP contribution >= 0.6 is 23.4 Å². The number of aryl methyl sites for hydroxylation is 1. The van der Waals surface area contributed by atoms with Crippen LogP contribution in [0.4, 0.5) is 0 Å². The summed E-state index contributed by atoms with van der Waals surface area (Å²) in [6.07, 6.45) is 1.79. The maximum Gasteiger partial charge on any atom is 0.147 e. The highest BCUT2D eigenvalue weighted by molar-refractivity contribution is 7.98. The largest absolute Gasteiger partial charge is 0.494 e. The second-order valence-electron chi connectivity index (χ2n) is 7.04. The van der Waals surface area contributed by atoms with Crippen LogP contribution in [0.5, 0.6) is 11.5 Å². The van der Waals surface area contributed by atoms with Crippen molar-refractivity contribution in [3.05, 3.63) is 77.7 Å². The lowest BCUT2D eigenvalue weighted by Crippen LogP contribution is -1.98. The lowest BCUT2D eigenvalue weighted by molar-refractivity contribution is 0.308. The summed E-state index contributed by atoms with van der Waals surface area (Å²) in [6.45, 7) is 3.10. The SMILES string of the molecule is CCOc1ccc(COc2cc(SCc3cc(CCl)nn3C)cc3cccnc23)cc1. The van der Waals surface area contributed by atoms with Crippen molar-refractivity contribution in [1.29, 1.82) is 0 Å². The van der Waals surface area contributed by atoms with Gasteiger partial charge in [-0.15, -0.1) is 23.4 Å². The van der Waals surface area contributed by atoms with Crippen molar-refractivity contribution in [2.45, 2.75) is 30.1 Å². The molecule has 0 aliphatic carbocycles. The van der Waals surface area contributed by atoms with Crippen molar-refractivity contribution < 1.29 is 9.47 Å². The highest BCUT2D eigenvalue weighted by Gasteiger charge is 2.10. The minimum atomic E-state index is 0.420. The zero-order valence-electron chi connectivity index (χ0n) is 17.5. The van der Waals surface area contributed by atoms with Crippen molar-refractivity contribution >= 4 is 34.3 Å². The topological polar surface area (TPSA) is 49.2 Å². The van der Waals surface area contributed by atoms with Gasteiger partial charge in [-0.25, -0.2) is 0 Å². The zero-order chi connectivity index (χ0) is 21.6. The minimum Gasteiger partial charge on any atom is -0.494 e. The molecule has 0 spiro atoms. The van der Waals surface area contributed by atoms with E-state index in [9.17, 15) is 0 Å². The van der Waals surface area contributed by atoms with Gasteiger partial charge in [-0.05, 0) is 48.9 Å². The highest BCUT2D eigenvalue weighted by Crippen LogP contribution is 2.33. The van der Waals surface area contributed by atoms with Crippen LogP contribution in [0, 0.1) is 0 Å². The third-order valence-electron chi connectivity index (χ3n) is 4.82. The minimum absolute atomic E-state index is 0.420. The first-order valence-electron chi connectivity index (χ1n) is 10.1. The van der Waals surface area contributed by atoms with E-state index in [0.29, 0.717) is 19.1 Å². The first-order chi connectivity index (χ1) is 15.2. The van der Waals surface area contributed by atoms with E-state index in [4.69, 9.17) is 21.1 Å². The van der Waals surface area contributed by atoms with Gasteiger partial charge in [-0.2, -0.15) is 5.10 Å². The standard InChI is InChI=1S/C24H24ClN3O2S/c1-3-29-21-8-6-17(7-9-21)15-30-23-13-22(11-18-5-4-10-26-24(18)23)31-16-20-12-19(14-25)27-28(20)2/h4-13H,3,14-16H2,1-2H3. The summed E-state index contributed by atoms with van der Waals surface area (Å²) in [5, 5.41) is 5.47. The number of hydrogen-bond acceptors (Lipinski definition) is 5. The third kappa shape index (κ3) is 5.32. The van der Waals surface area contributed by atoms with Crippen LogP contribution in [0.15, 0.2) is 65.7 Å². The molecule has 0 radical (unpaired) electrons. The lowest BCUT2D eigenvalue weighted by atomic mass is 10.2. The molecule has 31 heavy (non-hydrogen) atoms. The first-order valence-corrected chi connectivity index (χ1v) is 11.6. The Morgan fingerprint density at radius 2 is 1.90 bits per heavy atom. The normalized spacial score (nSPS) is 11.1. The van der Waals surface area contributed by atoms with Crippen LogP contribution in [0.1, 0.15) is 23.9 Å². The molecule has 2 aromatic heterocycles. The molecule has 0 N–H and O–H groups in total.